The van der Waals surface area contributed by atoms with Crippen LogP contribution in [-0.4, -0.2) is 44.9 Å². The molecular weight excluding hydrogens is 262 g/mol. The monoisotopic (exact) mass is 273 g/mol. The molecule has 1 N–H and O–H groups in total. The number of anilines is 1. The predicted molar refractivity (Wildman–Crippen MR) is 66.6 cm³/mol. The Morgan fingerprint density at radius 3 is 2.85 bits per heavy atom. The van der Waals surface area contributed by atoms with E-state index in [2.05, 4.69) is 25.0 Å². The topological polar surface area (TPSA) is 101 Å². The molecule has 3 heterocycles. The summed E-state index contributed by atoms with van der Waals surface area (Å²) in [7, 11) is 0. The van der Waals surface area contributed by atoms with Gasteiger partial charge in [0.2, 0.25) is 5.91 Å². The van der Waals surface area contributed by atoms with Crippen LogP contribution in [0, 0.1) is 5.92 Å². The highest BCUT2D eigenvalue weighted by Crippen LogP contribution is 2.19. The first kappa shape index (κ1) is 12.3. The summed E-state index contributed by atoms with van der Waals surface area (Å²) in [4.78, 5) is 33.1. The molecule has 102 valence electrons. The second kappa shape index (κ2) is 5.08. The van der Waals surface area contributed by atoms with Gasteiger partial charge in [0.25, 0.3) is 5.91 Å². The lowest BCUT2D eigenvalue weighted by molar-refractivity contribution is -0.123. The van der Waals surface area contributed by atoms with Gasteiger partial charge in [-0.15, -0.1) is 0 Å². The number of nitrogens with zero attached hydrogens (tertiary/aromatic N) is 4. The Morgan fingerprint density at radius 2 is 2.20 bits per heavy atom. The molecular formula is C12H11N5O3. The van der Waals surface area contributed by atoms with E-state index in [1.807, 2.05) is 0 Å². The Bertz CT molecular complexity index is 607. The first-order valence-electron chi connectivity index (χ1n) is 6.00. The van der Waals surface area contributed by atoms with Crippen molar-refractivity contribution in [1.82, 2.24) is 20.0 Å². The molecule has 1 fully saturated rings. The maximum atomic E-state index is 12.0. The Hall–Kier alpha value is -2.77. The standard InChI is InChI=1S/C12H11N5O3/c18-11(15-10-1-4-20-16-10)8-6-17(7-8)12(19)9-5-13-2-3-14-9/h1-5,8H,6-7H2,(H,15,16,18). The molecule has 8 nitrogen and oxygen atoms in total. The largest absolute Gasteiger partial charge is 0.363 e. The summed E-state index contributed by atoms with van der Waals surface area (Å²) >= 11 is 0. The smallest absolute Gasteiger partial charge is 0.274 e. The number of carbonyl (C=O) groups excluding carboxylic acids is 2. The van der Waals surface area contributed by atoms with E-state index in [0.29, 0.717) is 18.9 Å². The van der Waals surface area contributed by atoms with Crippen LogP contribution in [0.1, 0.15) is 10.5 Å². The predicted octanol–water partition coefficient (Wildman–Crippen LogP) is 0.175. The average Bonchev–Trinajstić information content (AvgIpc) is 2.90. The number of nitrogens with one attached hydrogen (secondary N) is 1. The highest BCUT2D eigenvalue weighted by molar-refractivity contribution is 5.97. The Kier molecular flexibility index (Phi) is 3.12. The van der Waals surface area contributed by atoms with Crippen LogP contribution in [0.5, 0.6) is 0 Å². The van der Waals surface area contributed by atoms with Gasteiger partial charge in [0.05, 0.1) is 12.1 Å². The minimum atomic E-state index is -0.243. The van der Waals surface area contributed by atoms with Crippen LogP contribution in [0.25, 0.3) is 0 Å². The number of carbonyl (C=O) groups is 2. The third-order valence-corrected chi connectivity index (χ3v) is 3.01. The highest BCUT2D eigenvalue weighted by atomic mass is 16.5. The molecule has 1 aliphatic heterocycles. The number of hydrogen-bond donors (Lipinski definition) is 1. The lowest BCUT2D eigenvalue weighted by atomic mass is 9.98. The molecule has 0 radical (unpaired) electrons. The minimum Gasteiger partial charge on any atom is -0.363 e. The van der Waals surface area contributed by atoms with E-state index < -0.39 is 0 Å². The Balaban J connectivity index is 1.54. The van der Waals surface area contributed by atoms with E-state index in [0.717, 1.165) is 0 Å². The average molecular weight is 273 g/mol. The number of aromatic nitrogens is 3. The molecule has 2 amide bonds. The zero-order chi connectivity index (χ0) is 13.9. The lowest BCUT2D eigenvalue weighted by Gasteiger charge is -2.37. The van der Waals surface area contributed by atoms with E-state index in [1.54, 1.807) is 11.0 Å². The fourth-order valence-electron chi connectivity index (χ4n) is 1.89. The van der Waals surface area contributed by atoms with Gasteiger partial charge in [-0.3, -0.25) is 14.6 Å². The van der Waals surface area contributed by atoms with Crippen LogP contribution >= 0.6 is 0 Å². The molecule has 0 aromatic carbocycles. The fraction of sp³-hybridized carbons (Fsp3) is 0.250. The van der Waals surface area contributed by atoms with E-state index in [4.69, 9.17) is 0 Å². The van der Waals surface area contributed by atoms with Crippen LogP contribution in [0.15, 0.2) is 35.4 Å². The second-order valence-corrected chi connectivity index (χ2v) is 4.37. The number of hydrogen-bond acceptors (Lipinski definition) is 6. The van der Waals surface area contributed by atoms with E-state index in [-0.39, 0.29) is 23.4 Å². The Morgan fingerprint density at radius 1 is 1.35 bits per heavy atom. The summed E-state index contributed by atoms with van der Waals surface area (Å²) in [5.41, 5.74) is 0.280. The fourth-order valence-corrected chi connectivity index (χ4v) is 1.89. The van der Waals surface area contributed by atoms with E-state index in [1.165, 1.54) is 24.9 Å². The molecule has 0 aliphatic carbocycles. The molecule has 1 aliphatic rings. The molecule has 0 unspecified atom stereocenters. The van der Waals surface area contributed by atoms with Gasteiger partial charge in [-0.1, -0.05) is 5.16 Å². The zero-order valence-electron chi connectivity index (χ0n) is 10.4. The van der Waals surface area contributed by atoms with Crippen molar-refractivity contribution in [3.05, 3.63) is 36.6 Å². The summed E-state index contributed by atoms with van der Waals surface area (Å²) < 4.78 is 4.62. The molecule has 0 saturated carbocycles. The normalized spacial score (nSPS) is 14.7. The minimum absolute atomic E-state index is 0.179. The van der Waals surface area contributed by atoms with Gasteiger partial charge in [-0.25, -0.2) is 4.98 Å². The van der Waals surface area contributed by atoms with Crippen molar-refractivity contribution in [2.24, 2.45) is 5.92 Å². The Labute approximate surface area is 113 Å². The third-order valence-electron chi connectivity index (χ3n) is 3.01. The van der Waals surface area contributed by atoms with Gasteiger partial charge in [-0.05, 0) is 0 Å². The van der Waals surface area contributed by atoms with Crippen LogP contribution < -0.4 is 5.32 Å². The maximum Gasteiger partial charge on any atom is 0.274 e. The molecule has 3 rings (SSSR count). The van der Waals surface area contributed by atoms with Crippen molar-refractivity contribution in [2.45, 2.75) is 0 Å². The molecule has 20 heavy (non-hydrogen) atoms. The van der Waals surface area contributed by atoms with Gasteiger partial charge in [0.1, 0.15) is 12.0 Å². The molecule has 1 saturated heterocycles. The maximum absolute atomic E-state index is 12.0. The summed E-state index contributed by atoms with van der Waals surface area (Å²) in [6, 6.07) is 1.55. The van der Waals surface area contributed by atoms with Gasteiger partial charge >= 0.3 is 0 Å². The number of rotatable bonds is 3. The van der Waals surface area contributed by atoms with Crippen molar-refractivity contribution in [2.75, 3.05) is 18.4 Å². The second-order valence-electron chi connectivity index (χ2n) is 4.37. The SMILES string of the molecule is O=C(Nc1ccon1)C1CN(C(=O)c2cnccn2)C1. The molecule has 2 aromatic rings. The highest BCUT2D eigenvalue weighted by Gasteiger charge is 2.36. The van der Waals surface area contributed by atoms with Crippen molar-refractivity contribution >= 4 is 17.6 Å². The van der Waals surface area contributed by atoms with Crippen LogP contribution in [-0.2, 0) is 4.79 Å². The quantitative estimate of drug-likeness (QED) is 0.855. The summed E-state index contributed by atoms with van der Waals surface area (Å²) in [5, 5.41) is 6.21. The van der Waals surface area contributed by atoms with Gasteiger partial charge in [0.15, 0.2) is 5.82 Å². The summed E-state index contributed by atoms with van der Waals surface area (Å²) in [6.45, 7) is 0.720. The van der Waals surface area contributed by atoms with Crippen molar-refractivity contribution < 1.29 is 14.1 Å². The lowest BCUT2D eigenvalue weighted by Crippen LogP contribution is -2.54. The van der Waals surface area contributed by atoms with E-state index in [9.17, 15) is 9.59 Å². The molecule has 2 aromatic heterocycles. The van der Waals surface area contributed by atoms with Crippen molar-refractivity contribution in [1.29, 1.82) is 0 Å². The van der Waals surface area contributed by atoms with Crippen LogP contribution in [0.4, 0.5) is 5.82 Å². The molecule has 0 atom stereocenters. The summed E-state index contributed by atoms with van der Waals surface area (Å²) in [5.74, 6) is -0.272. The molecule has 0 bridgehead atoms. The van der Waals surface area contributed by atoms with Gasteiger partial charge in [-0.2, -0.15) is 0 Å². The van der Waals surface area contributed by atoms with Crippen molar-refractivity contribution in [3.8, 4) is 0 Å². The van der Waals surface area contributed by atoms with Gasteiger partial charge in [0, 0.05) is 31.5 Å². The zero-order valence-corrected chi connectivity index (χ0v) is 10.4. The molecule has 0 spiro atoms. The first-order valence-corrected chi connectivity index (χ1v) is 6.00. The van der Waals surface area contributed by atoms with Gasteiger partial charge < -0.3 is 14.7 Å². The van der Waals surface area contributed by atoms with Crippen LogP contribution in [0.2, 0.25) is 0 Å². The first-order chi connectivity index (χ1) is 9.74. The molecule has 8 heteroatoms. The third kappa shape index (κ3) is 2.35. The van der Waals surface area contributed by atoms with E-state index >= 15 is 0 Å². The van der Waals surface area contributed by atoms with Crippen LogP contribution in [0.3, 0.4) is 0 Å². The van der Waals surface area contributed by atoms with Crippen molar-refractivity contribution in [3.63, 3.8) is 0 Å². The number of amides is 2. The number of likely N-dealkylation sites (tertiary alicyclic amines) is 1. The summed E-state index contributed by atoms with van der Waals surface area (Å²) in [6.07, 6.45) is 5.74.